The molecule has 0 spiro atoms. The van der Waals surface area contributed by atoms with E-state index in [0.29, 0.717) is 35.7 Å². The molecule has 1 amide bonds. The Kier molecular flexibility index (Phi) is 10.6. The number of unbranched alkanes of at least 4 members (excludes halogenated alkanes) is 3. The van der Waals surface area contributed by atoms with E-state index in [1.807, 2.05) is 18.2 Å². The minimum atomic E-state index is -0.716. The smallest absolute Gasteiger partial charge is 0.246 e. The Bertz CT molecular complexity index is 1210. The van der Waals surface area contributed by atoms with Crippen LogP contribution in [0.15, 0.2) is 53.7 Å². The van der Waals surface area contributed by atoms with Crippen LogP contribution in [0.2, 0.25) is 0 Å². The summed E-state index contributed by atoms with van der Waals surface area (Å²) < 4.78 is 10.9. The van der Waals surface area contributed by atoms with Gasteiger partial charge in [0.25, 0.3) is 0 Å². The van der Waals surface area contributed by atoms with Gasteiger partial charge >= 0.3 is 0 Å². The summed E-state index contributed by atoms with van der Waals surface area (Å²) in [5, 5.41) is 39.2. The van der Waals surface area contributed by atoms with Crippen molar-refractivity contribution in [3.8, 4) is 17.2 Å². The minimum Gasteiger partial charge on any atom is -0.508 e. The average molecular weight is 552 g/mol. The minimum absolute atomic E-state index is 0.0240. The molecule has 1 heterocycles. The highest BCUT2D eigenvalue weighted by Gasteiger charge is 2.40. The van der Waals surface area contributed by atoms with Crippen molar-refractivity contribution in [3.63, 3.8) is 0 Å². The van der Waals surface area contributed by atoms with Gasteiger partial charge in [-0.3, -0.25) is 4.79 Å². The molecule has 0 fully saturated rings. The maximum atomic E-state index is 13.3. The number of ether oxygens (including phenoxy) is 2. The number of allylic oxidation sites excluding steroid dienone is 2. The standard InChI is InChI=1S/C31H41N3O6/c1-39-28-14-12-22(18-29(28)40-2)30-24-9-5-6-10-25(24)31(38)34(33-30)16-8-4-3-7-15-32-19-27(37)21-11-13-26(36)23(17-21)20-35/h5-6,11-14,17-18,24-25,27,32,35-37H,3-4,7-10,15-16,19-20H2,1-2H3/t24-,25+,27?/m0/s1. The van der Waals surface area contributed by atoms with Crippen molar-refractivity contribution in [2.75, 3.05) is 33.9 Å². The first-order chi connectivity index (χ1) is 19.5. The van der Waals surface area contributed by atoms with Crippen molar-refractivity contribution in [2.45, 2.75) is 51.2 Å². The van der Waals surface area contributed by atoms with Gasteiger partial charge in [0.1, 0.15) is 5.75 Å². The number of carbonyl (C=O) groups excluding carboxylic acids is 1. The Morgan fingerprint density at radius 2 is 1.75 bits per heavy atom. The summed E-state index contributed by atoms with van der Waals surface area (Å²) in [6, 6.07) is 10.6. The van der Waals surface area contributed by atoms with Crippen LogP contribution in [0, 0.1) is 11.8 Å². The van der Waals surface area contributed by atoms with Gasteiger partial charge < -0.3 is 30.1 Å². The van der Waals surface area contributed by atoms with Crippen LogP contribution in [0.3, 0.4) is 0 Å². The van der Waals surface area contributed by atoms with Crippen LogP contribution in [-0.4, -0.2) is 65.8 Å². The first kappa shape index (κ1) is 29.6. The summed E-state index contributed by atoms with van der Waals surface area (Å²) in [6.07, 6.45) is 8.85. The lowest BCUT2D eigenvalue weighted by molar-refractivity contribution is -0.137. The monoisotopic (exact) mass is 551 g/mol. The van der Waals surface area contributed by atoms with Crippen molar-refractivity contribution in [2.24, 2.45) is 16.9 Å². The highest BCUT2D eigenvalue weighted by molar-refractivity contribution is 6.07. The van der Waals surface area contributed by atoms with E-state index in [-0.39, 0.29) is 30.1 Å². The van der Waals surface area contributed by atoms with Crippen LogP contribution < -0.4 is 14.8 Å². The van der Waals surface area contributed by atoms with Crippen LogP contribution in [0.1, 0.15) is 61.3 Å². The number of carbonyl (C=O) groups is 1. The Labute approximate surface area is 236 Å². The molecule has 0 saturated carbocycles. The van der Waals surface area contributed by atoms with Gasteiger partial charge in [0.05, 0.1) is 38.6 Å². The summed E-state index contributed by atoms with van der Waals surface area (Å²) in [4.78, 5) is 13.3. The van der Waals surface area contributed by atoms with E-state index in [9.17, 15) is 20.1 Å². The number of benzene rings is 2. The van der Waals surface area contributed by atoms with Crippen LogP contribution in [0.25, 0.3) is 0 Å². The van der Waals surface area contributed by atoms with Crippen molar-refractivity contribution in [1.82, 2.24) is 10.3 Å². The summed E-state index contributed by atoms with van der Waals surface area (Å²) in [5.74, 6) is 1.40. The molecule has 40 heavy (non-hydrogen) atoms. The Hall–Kier alpha value is -3.40. The van der Waals surface area contributed by atoms with E-state index in [1.165, 1.54) is 6.07 Å². The molecule has 1 unspecified atom stereocenters. The van der Waals surface area contributed by atoms with Gasteiger partial charge in [0.2, 0.25) is 5.91 Å². The molecule has 216 valence electrons. The van der Waals surface area contributed by atoms with E-state index >= 15 is 0 Å². The van der Waals surface area contributed by atoms with Gasteiger partial charge in [-0.05, 0) is 68.1 Å². The van der Waals surface area contributed by atoms with Crippen molar-refractivity contribution in [1.29, 1.82) is 0 Å². The van der Waals surface area contributed by atoms with Gasteiger partial charge in [-0.15, -0.1) is 0 Å². The van der Waals surface area contributed by atoms with E-state index in [2.05, 4.69) is 17.5 Å². The number of aliphatic hydroxyl groups excluding tert-OH is 2. The molecule has 0 aromatic heterocycles. The molecular weight excluding hydrogens is 510 g/mol. The first-order valence-corrected chi connectivity index (χ1v) is 14.1. The zero-order valence-electron chi connectivity index (χ0n) is 23.4. The molecule has 1 aliphatic carbocycles. The lowest BCUT2D eigenvalue weighted by Crippen LogP contribution is -2.45. The van der Waals surface area contributed by atoms with Crippen LogP contribution >= 0.6 is 0 Å². The molecule has 2 aliphatic rings. The number of hydrogen-bond acceptors (Lipinski definition) is 8. The van der Waals surface area contributed by atoms with Gasteiger partial charge in [-0.2, -0.15) is 5.10 Å². The molecule has 4 rings (SSSR count). The Morgan fingerprint density at radius 1 is 1.00 bits per heavy atom. The quantitative estimate of drug-likeness (QED) is 0.207. The van der Waals surface area contributed by atoms with Crippen molar-refractivity contribution < 1.29 is 29.6 Å². The number of hydrazone groups is 1. The molecule has 0 saturated heterocycles. The van der Waals surface area contributed by atoms with Gasteiger partial charge in [-0.1, -0.05) is 31.1 Å². The van der Waals surface area contributed by atoms with E-state index in [0.717, 1.165) is 56.3 Å². The fourth-order valence-corrected chi connectivity index (χ4v) is 5.42. The SMILES string of the molecule is COc1ccc(C2=NN(CCCCCCNCC(O)c3ccc(O)c(CO)c3)C(=O)[C@@H]3CC=CC[C@H]23)cc1OC. The number of aliphatic hydroxyl groups is 2. The number of amides is 1. The maximum Gasteiger partial charge on any atom is 0.246 e. The van der Waals surface area contributed by atoms with E-state index in [1.54, 1.807) is 31.4 Å². The summed E-state index contributed by atoms with van der Waals surface area (Å²) in [6.45, 7) is 1.47. The molecule has 3 atom stereocenters. The zero-order valence-corrected chi connectivity index (χ0v) is 23.4. The van der Waals surface area contributed by atoms with Crippen LogP contribution in [0.5, 0.6) is 17.2 Å². The second kappa shape index (κ2) is 14.3. The number of nitrogens with zero attached hydrogens (tertiary/aromatic N) is 2. The molecule has 0 bridgehead atoms. The number of nitrogens with one attached hydrogen (secondary N) is 1. The summed E-state index contributed by atoms with van der Waals surface area (Å²) >= 11 is 0. The molecule has 0 radical (unpaired) electrons. The molecule has 2 aromatic rings. The predicted octanol–water partition coefficient (Wildman–Crippen LogP) is 3.91. The molecule has 9 heteroatoms. The lowest BCUT2D eigenvalue weighted by Gasteiger charge is -2.37. The third kappa shape index (κ3) is 7.02. The second-order valence-corrected chi connectivity index (χ2v) is 10.4. The number of hydrogen-bond donors (Lipinski definition) is 4. The largest absolute Gasteiger partial charge is 0.508 e. The number of methoxy groups -OCH3 is 2. The molecular formula is C31H41N3O6. The van der Waals surface area contributed by atoms with E-state index < -0.39 is 6.10 Å². The predicted molar refractivity (Wildman–Crippen MR) is 153 cm³/mol. The average Bonchev–Trinajstić information content (AvgIpc) is 2.99. The molecule has 2 aromatic carbocycles. The fourth-order valence-electron chi connectivity index (χ4n) is 5.42. The first-order valence-electron chi connectivity index (χ1n) is 14.1. The topological polar surface area (TPSA) is 124 Å². The number of phenols is 1. The fraction of sp³-hybridized carbons (Fsp3) is 0.484. The number of rotatable bonds is 14. The Balaban J connectivity index is 1.26. The third-order valence-electron chi connectivity index (χ3n) is 7.73. The van der Waals surface area contributed by atoms with Crippen molar-refractivity contribution in [3.05, 3.63) is 65.2 Å². The van der Waals surface area contributed by atoms with Gasteiger partial charge in [0.15, 0.2) is 11.5 Å². The lowest BCUT2D eigenvalue weighted by atomic mass is 9.76. The zero-order chi connectivity index (χ0) is 28.5. The molecule has 1 aliphatic heterocycles. The van der Waals surface area contributed by atoms with Gasteiger partial charge in [-0.25, -0.2) is 5.01 Å². The third-order valence-corrected chi connectivity index (χ3v) is 7.73. The Morgan fingerprint density at radius 3 is 2.50 bits per heavy atom. The van der Waals surface area contributed by atoms with Gasteiger partial charge in [0, 0.05) is 30.1 Å². The number of aromatic hydroxyl groups is 1. The highest BCUT2D eigenvalue weighted by atomic mass is 16.5. The maximum absolute atomic E-state index is 13.3. The van der Waals surface area contributed by atoms with Crippen LogP contribution in [0.4, 0.5) is 0 Å². The number of fused-ring (bicyclic) bond motifs is 1. The molecule has 9 nitrogen and oxygen atoms in total. The van der Waals surface area contributed by atoms with Crippen molar-refractivity contribution >= 4 is 11.6 Å². The highest BCUT2D eigenvalue weighted by Crippen LogP contribution is 2.37. The summed E-state index contributed by atoms with van der Waals surface area (Å²) in [5.41, 5.74) is 2.94. The molecule has 4 N–H and O–H groups in total. The normalized spacial score (nSPS) is 19.2. The second-order valence-electron chi connectivity index (χ2n) is 10.4. The van der Waals surface area contributed by atoms with Crippen LogP contribution in [-0.2, 0) is 11.4 Å². The summed E-state index contributed by atoms with van der Waals surface area (Å²) in [7, 11) is 3.23. The van der Waals surface area contributed by atoms with E-state index in [4.69, 9.17) is 14.6 Å².